The zero-order valence-electron chi connectivity index (χ0n) is 50.2. The number of carbonyl (C=O) groups is 4. The first kappa shape index (κ1) is 71.4. The van der Waals surface area contributed by atoms with Crippen LogP contribution < -0.4 is 19.6 Å². The average molecular weight is 1570 g/mol. The van der Waals surface area contributed by atoms with Gasteiger partial charge in [-0.2, -0.15) is 0 Å². The van der Waals surface area contributed by atoms with Gasteiger partial charge in [0.05, 0.1) is 107 Å². The minimum absolute atomic E-state index is 0. The number of rotatable bonds is 18. The molecule has 0 aliphatic carbocycles. The van der Waals surface area contributed by atoms with Crippen LogP contribution >= 0.6 is 67.8 Å². The molecule has 0 amide bonds. The van der Waals surface area contributed by atoms with Crippen LogP contribution in [0.2, 0.25) is 0 Å². The molecule has 11 rings (SSSR count). The average Bonchev–Trinajstić information content (AvgIpc) is 1.76. The number of nitrogens with zero attached hydrogens (tertiary/aromatic N) is 6. The lowest BCUT2D eigenvalue weighted by molar-refractivity contribution is 0.0599. The molecule has 16 nitrogen and oxygen atoms in total. The second kappa shape index (κ2) is 38.1. The van der Waals surface area contributed by atoms with Gasteiger partial charge in [-0.1, -0.05) is 31.4 Å². The quantitative estimate of drug-likeness (QED) is 0.0289. The van der Waals surface area contributed by atoms with E-state index in [1.807, 2.05) is 61.0 Å². The largest absolute Gasteiger partial charge is 0.478 e. The van der Waals surface area contributed by atoms with Crippen molar-refractivity contribution in [3.63, 3.8) is 0 Å². The molecule has 0 radical (unpaired) electrons. The van der Waals surface area contributed by atoms with Gasteiger partial charge < -0.3 is 48.4 Å². The molecule has 0 aromatic heterocycles. The summed E-state index contributed by atoms with van der Waals surface area (Å²) in [4.78, 5) is 64.9. The zero-order valence-corrected chi connectivity index (χ0v) is 56.7. The fourth-order valence-corrected chi connectivity index (χ4v) is 13.0. The predicted octanol–water partition coefficient (Wildman–Crippen LogP) is 13.1. The van der Waals surface area contributed by atoms with E-state index in [0.29, 0.717) is 42.7 Å². The van der Waals surface area contributed by atoms with E-state index in [4.69, 9.17) is 28.8 Å². The van der Waals surface area contributed by atoms with Crippen LogP contribution in [0, 0.1) is 28.4 Å². The second-order valence-corrected chi connectivity index (χ2v) is 25.0. The van der Waals surface area contributed by atoms with E-state index in [2.05, 4.69) is 127 Å². The van der Waals surface area contributed by atoms with Gasteiger partial charge in [-0.05, 0) is 215 Å². The smallest absolute Gasteiger partial charge is 0.337 e. The monoisotopic (exact) mass is 1560 g/mol. The molecule has 0 spiro atoms. The lowest BCUT2D eigenvalue weighted by atomic mass is 10.00. The third-order valence-electron chi connectivity index (χ3n) is 15.4. The Bertz CT molecular complexity index is 3400. The van der Waals surface area contributed by atoms with E-state index in [0.717, 1.165) is 188 Å². The Hall–Kier alpha value is -6.08. The lowest BCUT2D eigenvalue weighted by Gasteiger charge is -2.30. The number of carboxylic acid groups (broad SMARTS) is 1. The number of ether oxygens (including phenoxy) is 5. The van der Waals surface area contributed by atoms with Crippen LogP contribution in [0.25, 0.3) is 0 Å². The van der Waals surface area contributed by atoms with Gasteiger partial charge in [-0.3, -0.25) is 19.6 Å². The molecule has 6 aliphatic rings. The highest BCUT2D eigenvalue weighted by Crippen LogP contribution is 2.29. The Balaban J connectivity index is 0.000000177. The highest BCUT2D eigenvalue weighted by Gasteiger charge is 2.21. The van der Waals surface area contributed by atoms with Crippen LogP contribution in [0.15, 0.2) is 130 Å². The van der Waals surface area contributed by atoms with E-state index in [1.165, 1.54) is 36.1 Å². The molecule has 5 aromatic carbocycles. The number of carboxylic acids is 1. The number of Topliss-reactive ketones (excluding diaryl/α,β-unsaturated/α-hetero) is 2. The van der Waals surface area contributed by atoms with Crippen molar-refractivity contribution in [3.8, 4) is 11.8 Å². The number of methoxy groups -OCH3 is 1. The number of aromatic carboxylic acids is 1. The maximum absolute atomic E-state index is 13.2. The molecule has 0 atom stereocenters. The second-order valence-electron chi connectivity index (χ2n) is 21.5. The van der Waals surface area contributed by atoms with Gasteiger partial charge in [0.1, 0.15) is 5.82 Å². The van der Waals surface area contributed by atoms with Gasteiger partial charge in [0, 0.05) is 111 Å². The fraction of sp³-hybridized carbons (Fsp3) is 0.400. The Labute approximate surface area is 570 Å². The molecule has 478 valence electrons. The molecule has 4 fully saturated rings. The summed E-state index contributed by atoms with van der Waals surface area (Å²) in [6.45, 7) is 14.4. The van der Waals surface area contributed by atoms with Crippen LogP contribution in [-0.2, 0) is 23.7 Å². The molecule has 20 heteroatoms. The number of morpholine rings is 4. The number of benzene rings is 5. The van der Waals surface area contributed by atoms with Gasteiger partial charge in [0.2, 0.25) is 0 Å². The summed E-state index contributed by atoms with van der Waals surface area (Å²) in [5, 5.41) is 8.87. The molecule has 4 saturated heterocycles. The molecule has 0 unspecified atom stereocenters. The maximum atomic E-state index is 13.2. The predicted molar refractivity (Wildman–Crippen MR) is 382 cm³/mol. The van der Waals surface area contributed by atoms with Crippen LogP contribution in [0.5, 0.6) is 0 Å². The molecular weight excluding hydrogens is 1480 g/mol. The van der Waals surface area contributed by atoms with Crippen molar-refractivity contribution in [3.05, 3.63) is 170 Å². The SMILES string of the molecule is C.COC(=O)c1ccc(N2CCOCC2)c(I)c1.O=C(CCCCC1=CCN=C1)c1ccc(N2CCOCC2)c(C#Cc2ccc(F)cc2)c1.O=C(CCCCC1=CCN=C1)c1ccc(N2CCOCC2)c(I)c1.O=C(O)c1ccc(N2CCOCC2)c(I)c1. The van der Waals surface area contributed by atoms with Crippen LogP contribution in [0.1, 0.15) is 111 Å². The number of esters is 1. The summed E-state index contributed by atoms with van der Waals surface area (Å²) in [5.41, 5.74) is 11.0. The highest BCUT2D eigenvalue weighted by molar-refractivity contribution is 14.1. The first-order valence-electron chi connectivity index (χ1n) is 30.2. The third-order valence-corrected chi connectivity index (χ3v) is 18.0. The number of carbonyl (C=O) groups excluding carboxylic acids is 3. The normalized spacial score (nSPS) is 15.9. The third kappa shape index (κ3) is 22.4. The minimum atomic E-state index is -0.883. The van der Waals surface area contributed by atoms with Crippen molar-refractivity contribution < 1.29 is 52.4 Å². The number of ketones is 2. The number of halogens is 4. The summed E-state index contributed by atoms with van der Waals surface area (Å²) in [6.07, 6.45) is 15.1. The highest BCUT2D eigenvalue weighted by atomic mass is 127. The van der Waals surface area contributed by atoms with Gasteiger partial charge in [-0.15, -0.1) is 0 Å². The Morgan fingerprint density at radius 1 is 0.511 bits per heavy atom. The Kier molecular flexibility index (Phi) is 30.2. The topological polar surface area (TPSA) is 172 Å². The first-order valence-corrected chi connectivity index (χ1v) is 33.4. The Morgan fingerprint density at radius 3 is 1.29 bits per heavy atom. The summed E-state index contributed by atoms with van der Waals surface area (Å²) >= 11 is 6.76. The molecule has 0 bridgehead atoms. The molecule has 90 heavy (non-hydrogen) atoms. The summed E-state index contributed by atoms with van der Waals surface area (Å²) in [7, 11) is 1.39. The van der Waals surface area contributed by atoms with E-state index in [1.54, 1.807) is 30.3 Å². The molecular formula is C70H80FI3N6O10. The molecule has 6 aliphatic heterocycles. The van der Waals surface area contributed by atoms with Crippen molar-refractivity contribution in [1.82, 2.24) is 0 Å². The van der Waals surface area contributed by atoms with Crippen LogP contribution in [-0.4, -0.2) is 166 Å². The molecule has 1 N–H and O–H groups in total. The van der Waals surface area contributed by atoms with Crippen molar-refractivity contribution in [2.75, 3.05) is 145 Å². The van der Waals surface area contributed by atoms with E-state index < -0.39 is 5.97 Å². The lowest BCUT2D eigenvalue weighted by Crippen LogP contribution is -2.36. The van der Waals surface area contributed by atoms with E-state index in [-0.39, 0.29) is 30.8 Å². The Morgan fingerprint density at radius 2 is 0.889 bits per heavy atom. The van der Waals surface area contributed by atoms with E-state index >= 15 is 0 Å². The van der Waals surface area contributed by atoms with Crippen LogP contribution in [0.4, 0.5) is 27.1 Å². The standard InChI is InChI=1S/C27H27FN2O2.C19H23IN2O2.C12H14INO3.C11H12INO3.CH4/c28-25-10-6-21(7-11-25)5-8-23-19-24(9-12-26(23)30-15-17-32-18-16-30)27(31)4-2-1-3-22-13-14-29-20-22;20-17-13-16(5-6-18(17)22-9-11-24-12-10-22)19(23)4-2-1-3-15-7-8-21-14-15;1-16-12(15)9-2-3-11(10(13)8-9)14-4-6-17-7-5-14;12-9-7-8(11(14)15)1-2-10(9)13-3-5-16-6-4-13;/h6-7,9-13,19-20H,1-4,14-18H2;5-7,13-14H,1-4,8-12H2;2-3,8H,4-7H2,1H3;1-2,7H,3-6H2,(H,14,15);1H4. The summed E-state index contributed by atoms with van der Waals surface area (Å²) in [5.74, 6) is 5.25. The fourth-order valence-electron chi connectivity index (χ4n) is 10.5. The van der Waals surface area contributed by atoms with Crippen LogP contribution in [0.3, 0.4) is 0 Å². The van der Waals surface area contributed by atoms with Gasteiger partial charge in [0.15, 0.2) is 11.6 Å². The maximum Gasteiger partial charge on any atom is 0.337 e. The number of unbranched alkanes of at least 4 members (excludes halogenated alkanes) is 2. The van der Waals surface area contributed by atoms with Crippen molar-refractivity contribution in [2.24, 2.45) is 9.98 Å². The number of hydrogen-bond acceptors (Lipinski definition) is 15. The van der Waals surface area contributed by atoms with Gasteiger partial charge in [0.25, 0.3) is 0 Å². The van der Waals surface area contributed by atoms with Crippen molar-refractivity contribution in [2.45, 2.75) is 58.8 Å². The minimum Gasteiger partial charge on any atom is -0.478 e. The molecule has 5 aromatic rings. The molecule has 6 heterocycles. The van der Waals surface area contributed by atoms with Crippen molar-refractivity contribution >= 4 is 126 Å². The summed E-state index contributed by atoms with van der Waals surface area (Å²) in [6, 6.07) is 28.9. The van der Waals surface area contributed by atoms with E-state index in [9.17, 15) is 23.6 Å². The van der Waals surface area contributed by atoms with Crippen molar-refractivity contribution in [1.29, 1.82) is 0 Å². The molecule has 0 saturated carbocycles. The number of hydrogen-bond donors (Lipinski definition) is 1. The van der Waals surface area contributed by atoms with Gasteiger partial charge >= 0.3 is 11.9 Å². The number of anilines is 4. The number of allylic oxidation sites excluding steroid dienone is 2. The van der Waals surface area contributed by atoms with Gasteiger partial charge in [-0.25, -0.2) is 14.0 Å². The summed E-state index contributed by atoms with van der Waals surface area (Å²) < 4.78 is 42.6. The zero-order chi connectivity index (χ0) is 62.7. The first-order chi connectivity index (χ1) is 43.3. The number of aliphatic imine (C=N–C) groups is 2.